The average Bonchev–Trinajstić information content (AvgIpc) is 3.42. The zero-order chi connectivity index (χ0) is 37.9. The molecular weight excluding hydrogens is 696 g/mol. The lowest BCUT2D eigenvalue weighted by Gasteiger charge is -2.26. The Kier molecular flexibility index (Phi) is 12.4. The minimum absolute atomic E-state index is 0.0190. The quantitative estimate of drug-likeness (QED) is 0.0343. The van der Waals surface area contributed by atoms with Gasteiger partial charge in [-0.25, -0.2) is 14.8 Å². The number of fused-ring (bicyclic) bond motifs is 1. The van der Waals surface area contributed by atoms with Crippen molar-refractivity contribution in [1.82, 2.24) is 14.5 Å². The molecule has 3 aromatic carbocycles. The molecule has 52 heavy (non-hydrogen) atoms. The third-order valence-corrected chi connectivity index (χ3v) is 7.29. The number of hydrogen-bond donors (Lipinski definition) is 5. The van der Waals surface area contributed by atoms with Gasteiger partial charge in [0.2, 0.25) is 17.2 Å². The number of hydrogen-bond acceptors (Lipinski definition) is 14. The van der Waals surface area contributed by atoms with Crippen LogP contribution >= 0.6 is 0 Å². The zero-order valence-electron chi connectivity index (χ0n) is 26.8. The van der Waals surface area contributed by atoms with E-state index in [1.54, 1.807) is 0 Å². The molecule has 0 unspecified atom stereocenters. The fourth-order valence-corrected chi connectivity index (χ4v) is 5.15. The topological polar surface area (TPSA) is 288 Å². The van der Waals surface area contributed by atoms with E-state index in [9.17, 15) is 54.1 Å². The fourth-order valence-electron chi connectivity index (χ4n) is 5.15. The second kappa shape index (κ2) is 17.0. The minimum atomic E-state index is -1.84. The number of para-hydroxylation sites is 3. The highest BCUT2D eigenvalue weighted by Crippen LogP contribution is 2.34. The highest BCUT2D eigenvalue weighted by molar-refractivity contribution is 6.00. The highest BCUT2D eigenvalue weighted by Gasteiger charge is 2.28. The number of carboxylic acid groups (broad SMARTS) is 2. The third kappa shape index (κ3) is 8.92. The number of aromatic hydroxyl groups is 1. The number of nitrogens with two attached hydrogens (primary N) is 1. The number of aryl methyl sites for hydroxylation is 1. The van der Waals surface area contributed by atoms with Crippen LogP contribution in [-0.2, 0) is 16.1 Å². The first-order valence-corrected chi connectivity index (χ1v) is 15.0. The van der Waals surface area contributed by atoms with Gasteiger partial charge in [0.25, 0.3) is 23.8 Å². The molecule has 0 spiro atoms. The molecule has 0 bridgehead atoms. The van der Waals surface area contributed by atoms with E-state index in [0.29, 0.717) is 0 Å². The van der Waals surface area contributed by atoms with Crippen LogP contribution in [0.4, 0.5) is 9.59 Å². The summed E-state index contributed by atoms with van der Waals surface area (Å²) >= 11 is 0. The number of benzene rings is 3. The number of aromatic nitrogens is 1. The van der Waals surface area contributed by atoms with Crippen molar-refractivity contribution in [2.75, 3.05) is 26.2 Å². The average molecular weight is 727 g/mol. The molecule has 0 saturated heterocycles. The van der Waals surface area contributed by atoms with E-state index in [4.69, 9.17) is 19.7 Å². The highest BCUT2D eigenvalue weighted by atomic mass is 17.1. The van der Waals surface area contributed by atoms with Gasteiger partial charge < -0.3 is 54.5 Å². The largest absolute Gasteiger partial charge is 0.511 e. The summed E-state index contributed by atoms with van der Waals surface area (Å²) in [6, 6.07) is 11.4. The Morgan fingerprint density at radius 3 is 1.94 bits per heavy atom. The van der Waals surface area contributed by atoms with E-state index in [2.05, 4.69) is 9.62 Å². The first kappa shape index (κ1) is 37.7. The van der Waals surface area contributed by atoms with Crippen LogP contribution in [0.3, 0.4) is 0 Å². The van der Waals surface area contributed by atoms with Gasteiger partial charge in [-0.1, -0.05) is 18.2 Å². The molecule has 0 atom stereocenters. The molecule has 0 radical (unpaired) electrons. The van der Waals surface area contributed by atoms with E-state index in [1.165, 1.54) is 41.3 Å². The Bertz CT molecular complexity index is 2060. The molecule has 20 heteroatoms. The number of carbonyl (C=O) groups excluding carboxylic acids is 4. The van der Waals surface area contributed by atoms with Gasteiger partial charge in [-0.3, -0.25) is 24.0 Å². The van der Waals surface area contributed by atoms with Gasteiger partial charge in [0, 0.05) is 19.6 Å². The number of carbonyl (C=O) groups is 6. The van der Waals surface area contributed by atoms with E-state index >= 15 is 0 Å². The summed E-state index contributed by atoms with van der Waals surface area (Å²) in [5, 5.41) is 37.9. The summed E-state index contributed by atoms with van der Waals surface area (Å²) in [7, 11) is 0. The number of phenolic OH excluding ortho intramolecular Hbond substituents is 1. The molecule has 1 heterocycles. The van der Waals surface area contributed by atoms with Crippen molar-refractivity contribution in [2.45, 2.75) is 19.4 Å². The fraction of sp³-hybridized carbons (Fsp3) is 0.219. The number of amides is 3. The van der Waals surface area contributed by atoms with Crippen molar-refractivity contribution < 1.29 is 73.0 Å². The van der Waals surface area contributed by atoms with Crippen molar-refractivity contribution in [1.29, 1.82) is 0 Å². The predicted octanol–water partition coefficient (Wildman–Crippen LogP) is 2.35. The molecule has 0 aliphatic carbocycles. The van der Waals surface area contributed by atoms with Crippen molar-refractivity contribution in [3.05, 3.63) is 76.1 Å². The molecule has 0 fully saturated rings. The molecule has 20 nitrogen and oxygen atoms in total. The Labute approximate surface area is 291 Å². The first-order valence-electron chi connectivity index (χ1n) is 15.0. The number of ether oxygens (including phenoxy) is 3. The monoisotopic (exact) mass is 726 g/mol. The standard InChI is InChI=1S/C32H30N4O16/c33-24(39)16-35(29(41)19-7-2-10-22(48-17-37)26(19)49-31(43)44)14-4-12-34(28(40)20-8-3-11-23(52-47)27(20)50-32(45)46)13-5-15-36-30(42)18-6-1-9-21(38)25(18)51-36/h1-3,6-11,17,38,47H,4-5,12-16H2,(H2,33,39)(H,43,44)(H,45,46). The van der Waals surface area contributed by atoms with Crippen LogP contribution in [-0.4, -0.2) is 97.8 Å². The second-order valence-corrected chi connectivity index (χ2v) is 10.7. The van der Waals surface area contributed by atoms with Crippen LogP contribution in [0.2, 0.25) is 0 Å². The van der Waals surface area contributed by atoms with Crippen molar-refractivity contribution >= 4 is 47.5 Å². The van der Waals surface area contributed by atoms with Gasteiger partial charge in [0.1, 0.15) is 0 Å². The smallest absolute Gasteiger partial charge is 0.504 e. The summed E-state index contributed by atoms with van der Waals surface area (Å²) in [5.74, 6) is -5.20. The number of nitrogens with zero attached hydrogens (tertiary/aromatic N) is 3. The Morgan fingerprint density at radius 1 is 0.808 bits per heavy atom. The molecule has 0 saturated carbocycles. The molecule has 4 rings (SSSR count). The molecule has 4 aromatic rings. The van der Waals surface area contributed by atoms with Crippen molar-refractivity contribution in [3.8, 4) is 28.7 Å². The maximum atomic E-state index is 13.9. The van der Waals surface area contributed by atoms with Gasteiger partial charge in [-0.05, 0) is 49.2 Å². The molecular formula is C32H30N4O16. The van der Waals surface area contributed by atoms with Crippen molar-refractivity contribution in [3.63, 3.8) is 0 Å². The molecule has 0 aliphatic rings. The SMILES string of the molecule is NC(=O)CN(CCCN(CCCn1oc2c(O)cccc2c1=O)C(=O)c1cccc(OO)c1OC(=O)O)C(=O)c1cccc(OC=O)c1OC(=O)O. The van der Waals surface area contributed by atoms with Gasteiger partial charge in [0.05, 0.1) is 29.6 Å². The predicted molar refractivity (Wildman–Crippen MR) is 173 cm³/mol. The number of phenols is 1. The summed E-state index contributed by atoms with van der Waals surface area (Å²) in [6.07, 6.45) is -3.68. The van der Waals surface area contributed by atoms with Crippen LogP contribution in [0.1, 0.15) is 33.6 Å². The van der Waals surface area contributed by atoms with Crippen LogP contribution in [0.15, 0.2) is 63.9 Å². The zero-order valence-corrected chi connectivity index (χ0v) is 26.8. The Morgan fingerprint density at radius 2 is 1.37 bits per heavy atom. The normalized spacial score (nSPS) is 10.6. The third-order valence-electron chi connectivity index (χ3n) is 7.29. The van der Waals surface area contributed by atoms with Crippen LogP contribution in [0.5, 0.6) is 28.7 Å². The molecule has 274 valence electrons. The van der Waals surface area contributed by atoms with E-state index in [1.807, 2.05) is 0 Å². The van der Waals surface area contributed by atoms with E-state index < -0.39 is 70.7 Å². The van der Waals surface area contributed by atoms with Crippen LogP contribution in [0, 0.1) is 0 Å². The summed E-state index contributed by atoms with van der Waals surface area (Å²) < 4.78 is 20.6. The van der Waals surface area contributed by atoms with E-state index in [0.717, 1.165) is 27.8 Å². The summed E-state index contributed by atoms with van der Waals surface area (Å²) in [6.45, 7) is -1.39. The van der Waals surface area contributed by atoms with Crippen molar-refractivity contribution in [2.24, 2.45) is 5.73 Å². The maximum absolute atomic E-state index is 13.9. The molecule has 3 amide bonds. The second-order valence-electron chi connectivity index (χ2n) is 10.7. The first-order chi connectivity index (χ1) is 24.9. The lowest BCUT2D eigenvalue weighted by molar-refractivity contribution is -0.138. The van der Waals surface area contributed by atoms with Gasteiger partial charge in [-0.15, -0.1) is 0 Å². The minimum Gasteiger partial charge on any atom is -0.504 e. The Hall–Kier alpha value is -7.09. The van der Waals surface area contributed by atoms with Gasteiger partial charge in [0.15, 0.2) is 23.0 Å². The molecule has 6 N–H and O–H groups in total. The number of rotatable bonds is 17. The van der Waals surface area contributed by atoms with Gasteiger partial charge in [-0.2, -0.15) is 4.74 Å². The molecule has 0 aliphatic heterocycles. The van der Waals surface area contributed by atoms with E-state index in [-0.39, 0.29) is 67.8 Å². The maximum Gasteiger partial charge on any atom is 0.511 e. The number of primary amides is 1. The Balaban J connectivity index is 1.62. The van der Waals surface area contributed by atoms with Crippen LogP contribution in [0.25, 0.3) is 11.0 Å². The van der Waals surface area contributed by atoms with Crippen LogP contribution < -0.4 is 30.4 Å². The molecule has 1 aromatic heterocycles. The summed E-state index contributed by atoms with van der Waals surface area (Å²) in [4.78, 5) is 92.3. The summed E-state index contributed by atoms with van der Waals surface area (Å²) in [5.41, 5.74) is 4.02. The lowest BCUT2D eigenvalue weighted by atomic mass is 10.1. The lowest BCUT2D eigenvalue weighted by Crippen LogP contribution is -2.41. The van der Waals surface area contributed by atoms with Gasteiger partial charge >= 0.3 is 12.3 Å².